The number of pyridine rings is 1. The minimum Gasteiger partial charge on any atom is -0.358 e. The van der Waals surface area contributed by atoms with E-state index in [0.29, 0.717) is 31.1 Å². The van der Waals surface area contributed by atoms with Crippen LogP contribution in [0.3, 0.4) is 0 Å². The van der Waals surface area contributed by atoms with Crippen LogP contribution in [-0.2, 0) is 6.67 Å². The highest BCUT2D eigenvalue weighted by Crippen LogP contribution is 2.18. The summed E-state index contributed by atoms with van der Waals surface area (Å²) in [4.78, 5) is 18.9. The molecule has 0 spiro atoms. The third kappa shape index (κ3) is 3.12. The Bertz CT molecular complexity index is 744. The smallest absolute Gasteiger partial charge is 0.346 e. The first-order valence-corrected chi connectivity index (χ1v) is 7.17. The minimum absolute atomic E-state index is 0.0103. The predicted molar refractivity (Wildman–Crippen MR) is 81.6 cm³/mol. The van der Waals surface area contributed by atoms with Gasteiger partial charge in [0.1, 0.15) is 11.9 Å². The Labute approximate surface area is 132 Å². The molecule has 118 valence electrons. The second-order valence-corrected chi connectivity index (χ2v) is 5.18. The molecule has 3 heterocycles. The zero-order chi connectivity index (χ0) is 16.2. The van der Waals surface area contributed by atoms with E-state index in [1.807, 2.05) is 0 Å². The third-order valence-corrected chi connectivity index (χ3v) is 3.79. The molecule has 0 amide bonds. The van der Waals surface area contributed by atoms with Crippen LogP contribution in [0.1, 0.15) is 5.56 Å². The van der Waals surface area contributed by atoms with Crippen LogP contribution in [0, 0.1) is 21.4 Å². The van der Waals surface area contributed by atoms with Gasteiger partial charge in [-0.1, -0.05) is 5.10 Å². The van der Waals surface area contributed by atoms with E-state index >= 15 is 0 Å². The number of hydrogen-bond donors (Lipinski definition) is 0. The average Bonchev–Trinajstić information content (AvgIpc) is 3.04. The molecule has 1 saturated heterocycles. The fourth-order valence-corrected chi connectivity index (χ4v) is 2.62. The molecule has 0 aliphatic carbocycles. The molecule has 0 radical (unpaired) electrons. The van der Waals surface area contributed by atoms with E-state index in [1.165, 1.54) is 16.9 Å². The molecule has 23 heavy (non-hydrogen) atoms. The van der Waals surface area contributed by atoms with Crippen LogP contribution < -0.4 is 4.90 Å². The van der Waals surface area contributed by atoms with Gasteiger partial charge in [-0.3, -0.25) is 4.90 Å². The molecule has 1 aliphatic rings. The van der Waals surface area contributed by atoms with Crippen molar-refractivity contribution in [2.75, 3.05) is 31.1 Å². The van der Waals surface area contributed by atoms with Crippen LogP contribution in [0.15, 0.2) is 30.6 Å². The van der Waals surface area contributed by atoms with Crippen molar-refractivity contribution in [3.05, 3.63) is 46.3 Å². The maximum atomic E-state index is 10.9. The van der Waals surface area contributed by atoms with E-state index in [1.54, 1.807) is 18.3 Å². The van der Waals surface area contributed by atoms with Crippen molar-refractivity contribution < 1.29 is 4.92 Å². The fourth-order valence-electron chi connectivity index (χ4n) is 2.62. The summed E-state index contributed by atoms with van der Waals surface area (Å²) >= 11 is 0. The van der Waals surface area contributed by atoms with Crippen LogP contribution in [0.4, 0.5) is 11.6 Å². The summed E-state index contributed by atoms with van der Waals surface area (Å²) in [6.07, 6.45) is 3.11. The van der Waals surface area contributed by atoms with Gasteiger partial charge in [0, 0.05) is 32.4 Å². The molecule has 9 heteroatoms. The molecule has 1 fully saturated rings. The van der Waals surface area contributed by atoms with Crippen molar-refractivity contribution >= 4 is 11.6 Å². The lowest BCUT2D eigenvalue weighted by Gasteiger charge is -2.34. The summed E-state index contributed by atoms with van der Waals surface area (Å²) < 4.78 is 1.39. The Hall–Kier alpha value is -2.99. The molecule has 0 saturated carbocycles. The highest BCUT2D eigenvalue weighted by atomic mass is 16.6. The Morgan fingerprint density at radius 2 is 2.04 bits per heavy atom. The van der Waals surface area contributed by atoms with Gasteiger partial charge in [-0.2, -0.15) is 5.26 Å². The highest BCUT2D eigenvalue weighted by molar-refractivity contribution is 5.53. The second-order valence-electron chi connectivity index (χ2n) is 5.18. The number of nitriles is 1. The predicted octanol–water partition coefficient (Wildman–Crippen LogP) is 0.838. The van der Waals surface area contributed by atoms with Gasteiger partial charge in [0.2, 0.25) is 0 Å². The Morgan fingerprint density at radius 1 is 1.26 bits per heavy atom. The van der Waals surface area contributed by atoms with Crippen LogP contribution in [0.5, 0.6) is 0 Å². The van der Waals surface area contributed by atoms with Crippen molar-refractivity contribution in [1.82, 2.24) is 19.7 Å². The number of anilines is 1. The first-order chi connectivity index (χ1) is 11.2. The third-order valence-electron chi connectivity index (χ3n) is 3.79. The van der Waals surface area contributed by atoms with E-state index in [9.17, 15) is 10.1 Å². The molecule has 2 aromatic heterocycles. The first kappa shape index (κ1) is 14.9. The summed E-state index contributed by atoms with van der Waals surface area (Å²) in [6, 6.07) is 7.04. The molecular weight excluding hydrogens is 298 g/mol. The maximum Gasteiger partial charge on any atom is 0.346 e. The van der Waals surface area contributed by atoms with Crippen molar-refractivity contribution in [2.45, 2.75) is 6.67 Å². The largest absolute Gasteiger partial charge is 0.358 e. The van der Waals surface area contributed by atoms with Crippen LogP contribution in [0.2, 0.25) is 0 Å². The van der Waals surface area contributed by atoms with Crippen molar-refractivity contribution in [2.24, 2.45) is 0 Å². The number of nitrogens with zero attached hydrogens (tertiary/aromatic N) is 7. The summed E-state index contributed by atoms with van der Waals surface area (Å²) in [5.41, 5.74) is 0.559. The van der Waals surface area contributed by atoms with E-state index in [2.05, 4.69) is 26.0 Å². The molecule has 0 aromatic carbocycles. The zero-order valence-electron chi connectivity index (χ0n) is 12.4. The van der Waals surface area contributed by atoms with E-state index in [0.717, 1.165) is 13.1 Å². The summed E-state index contributed by atoms with van der Waals surface area (Å²) in [5, 5.41) is 24.1. The fraction of sp³-hybridized carbons (Fsp3) is 0.357. The Morgan fingerprint density at radius 3 is 2.74 bits per heavy atom. The van der Waals surface area contributed by atoms with E-state index in [4.69, 9.17) is 5.26 Å². The van der Waals surface area contributed by atoms with Gasteiger partial charge in [0.25, 0.3) is 0 Å². The van der Waals surface area contributed by atoms with Gasteiger partial charge in [-0.05, 0) is 17.1 Å². The van der Waals surface area contributed by atoms with Gasteiger partial charge in [0.15, 0.2) is 6.67 Å². The molecule has 3 rings (SSSR count). The van der Waals surface area contributed by atoms with Gasteiger partial charge in [-0.25, -0.2) is 4.98 Å². The Kier molecular flexibility index (Phi) is 4.16. The van der Waals surface area contributed by atoms with Gasteiger partial charge < -0.3 is 15.0 Å². The van der Waals surface area contributed by atoms with Crippen LogP contribution >= 0.6 is 0 Å². The SMILES string of the molecule is N#Cc1cccnc1N1CCN(Cn2nccc2[N+](=O)[O-])CC1. The van der Waals surface area contributed by atoms with E-state index < -0.39 is 4.92 Å². The van der Waals surface area contributed by atoms with E-state index in [-0.39, 0.29) is 5.82 Å². The molecular formula is C14H15N7O2. The van der Waals surface area contributed by atoms with Crippen LogP contribution in [-0.4, -0.2) is 50.8 Å². The molecule has 0 bridgehead atoms. The van der Waals surface area contributed by atoms with Gasteiger partial charge >= 0.3 is 5.82 Å². The average molecular weight is 313 g/mol. The Balaban J connectivity index is 1.64. The lowest BCUT2D eigenvalue weighted by Crippen LogP contribution is -2.47. The molecule has 2 aromatic rings. The zero-order valence-corrected chi connectivity index (χ0v) is 12.4. The molecule has 0 unspecified atom stereocenters. The topological polar surface area (TPSA) is 104 Å². The normalized spacial score (nSPS) is 15.3. The van der Waals surface area contributed by atoms with Crippen molar-refractivity contribution in [1.29, 1.82) is 5.26 Å². The molecule has 1 aliphatic heterocycles. The monoisotopic (exact) mass is 313 g/mol. The number of nitro groups is 1. The molecule has 9 nitrogen and oxygen atoms in total. The van der Waals surface area contributed by atoms with Gasteiger partial charge in [0.05, 0.1) is 17.8 Å². The lowest BCUT2D eigenvalue weighted by atomic mass is 10.2. The quantitative estimate of drug-likeness (QED) is 0.608. The number of aromatic nitrogens is 3. The van der Waals surface area contributed by atoms with Gasteiger partial charge in [-0.15, -0.1) is 4.68 Å². The highest BCUT2D eigenvalue weighted by Gasteiger charge is 2.23. The van der Waals surface area contributed by atoms with Crippen LogP contribution in [0.25, 0.3) is 0 Å². The summed E-state index contributed by atoms with van der Waals surface area (Å²) in [7, 11) is 0. The number of piperazine rings is 1. The summed E-state index contributed by atoms with van der Waals surface area (Å²) in [6.45, 7) is 3.24. The second kappa shape index (κ2) is 6.41. The lowest BCUT2D eigenvalue weighted by molar-refractivity contribution is -0.393. The summed E-state index contributed by atoms with van der Waals surface area (Å²) in [5.74, 6) is 0.684. The van der Waals surface area contributed by atoms with Crippen molar-refractivity contribution in [3.8, 4) is 6.07 Å². The minimum atomic E-state index is -0.434. The van der Waals surface area contributed by atoms with Crippen molar-refractivity contribution in [3.63, 3.8) is 0 Å². The maximum absolute atomic E-state index is 10.9. The molecule has 0 N–H and O–H groups in total. The number of rotatable bonds is 4. The first-order valence-electron chi connectivity index (χ1n) is 7.17. The molecule has 0 atom stereocenters. The standard InChI is InChI=1S/C14H15N7O2/c15-10-12-2-1-4-16-14(12)19-8-6-18(7-9-19)11-20-13(21(22)23)3-5-17-20/h1-5H,6-9,11H2. The number of hydrogen-bond acceptors (Lipinski definition) is 7.